The number of carbonyl (C=O) groups excluding carboxylic acids is 1. The van der Waals surface area contributed by atoms with Crippen LogP contribution in [0.15, 0.2) is 11.1 Å². The van der Waals surface area contributed by atoms with Gasteiger partial charge in [0.05, 0.1) is 6.54 Å². The fourth-order valence-electron chi connectivity index (χ4n) is 0.339. The van der Waals surface area contributed by atoms with Gasteiger partial charge < -0.3 is 11.1 Å². The summed E-state index contributed by atoms with van der Waals surface area (Å²) in [6.45, 7) is 3.86. The molecule has 0 heterocycles. The zero-order valence-electron chi connectivity index (χ0n) is 6.19. The number of nitrogens with two attached hydrogens (primary N) is 1. The van der Waals surface area contributed by atoms with E-state index < -0.39 is 6.03 Å². The summed E-state index contributed by atoms with van der Waals surface area (Å²) in [5, 5.41) is 2.47. The van der Waals surface area contributed by atoms with Gasteiger partial charge in [0.25, 0.3) is 0 Å². The molecule has 5 nitrogen and oxygen atoms in total. The van der Waals surface area contributed by atoms with Gasteiger partial charge in [0, 0.05) is 4.48 Å². The van der Waals surface area contributed by atoms with Gasteiger partial charge >= 0.3 is 6.03 Å². The first-order chi connectivity index (χ1) is 5.52. The molecule has 0 atom stereocenters. The molecule has 68 valence electrons. The van der Waals surface area contributed by atoms with Gasteiger partial charge in [-0.15, -0.1) is 0 Å². The van der Waals surface area contributed by atoms with Gasteiger partial charge in [-0.3, -0.25) is 5.43 Å². The molecule has 0 saturated carbocycles. The van der Waals surface area contributed by atoms with Gasteiger partial charge in [0.2, 0.25) is 0 Å². The molecule has 5 N–H and O–H groups in total. The minimum absolute atomic E-state index is 0.00261. The molecule has 0 aromatic heterocycles. The molecule has 12 heavy (non-hydrogen) atoms. The highest BCUT2D eigenvalue weighted by Gasteiger charge is 1.97. The fourth-order valence-corrected chi connectivity index (χ4v) is 0.530. The Morgan fingerprint density at radius 1 is 1.58 bits per heavy atom. The molecular weight excluding hydrogens is 244 g/mol. The quantitative estimate of drug-likeness (QED) is 0.410. The first kappa shape index (κ1) is 11.2. The number of hydrazine groups is 1. The van der Waals surface area contributed by atoms with E-state index in [2.05, 4.69) is 50.9 Å². The Labute approximate surface area is 83.9 Å². The Morgan fingerprint density at radius 3 is 2.58 bits per heavy atom. The lowest BCUT2D eigenvalue weighted by atomic mass is 10.6. The number of amides is 2. The summed E-state index contributed by atoms with van der Waals surface area (Å²) in [5.41, 5.74) is 9.53. The van der Waals surface area contributed by atoms with E-state index in [9.17, 15) is 4.79 Å². The highest BCUT2D eigenvalue weighted by Crippen LogP contribution is 1.95. The first-order valence-electron chi connectivity index (χ1n) is 2.95. The van der Waals surface area contributed by atoms with E-state index in [1.165, 1.54) is 0 Å². The molecule has 0 unspecified atom stereocenters. The van der Waals surface area contributed by atoms with Crippen molar-refractivity contribution in [3.63, 3.8) is 0 Å². The van der Waals surface area contributed by atoms with Crippen LogP contribution in [0.3, 0.4) is 0 Å². The van der Waals surface area contributed by atoms with E-state index in [-0.39, 0.29) is 5.11 Å². The summed E-state index contributed by atoms with van der Waals surface area (Å²) in [4.78, 5) is 10.8. The molecule has 0 fully saturated rings. The van der Waals surface area contributed by atoms with E-state index >= 15 is 0 Å². The van der Waals surface area contributed by atoms with Crippen molar-refractivity contribution >= 4 is 39.3 Å². The second-order valence-corrected chi connectivity index (χ2v) is 3.38. The van der Waals surface area contributed by atoms with Gasteiger partial charge in [-0.1, -0.05) is 22.5 Å². The molecule has 0 aromatic rings. The van der Waals surface area contributed by atoms with Crippen LogP contribution in [0.1, 0.15) is 0 Å². The molecule has 0 aliphatic carbocycles. The largest absolute Gasteiger partial charge is 0.375 e. The van der Waals surface area contributed by atoms with Crippen molar-refractivity contribution in [2.75, 3.05) is 6.54 Å². The Balaban J connectivity index is 3.47. The highest BCUT2D eigenvalue weighted by atomic mass is 79.9. The molecule has 2 amide bonds. The maximum absolute atomic E-state index is 10.8. The summed E-state index contributed by atoms with van der Waals surface area (Å²) >= 11 is 7.52. The van der Waals surface area contributed by atoms with Crippen molar-refractivity contribution in [3.8, 4) is 0 Å². The number of carbonyl (C=O) groups is 1. The van der Waals surface area contributed by atoms with E-state index in [1.807, 2.05) is 0 Å². The van der Waals surface area contributed by atoms with Crippen LogP contribution in [-0.4, -0.2) is 17.7 Å². The standard InChI is InChI=1S/C5H9BrN4OS/c1-3(6)2-8-5(11)10-9-4(7)12/h1-2H2,(H3,7,9,12)(H2,8,10,11). The van der Waals surface area contributed by atoms with Crippen LogP contribution in [0.2, 0.25) is 0 Å². The third-order valence-corrected chi connectivity index (χ3v) is 1.12. The fraction of sp³-hybridized carbons (Fsp3) is 0.200. The highest BCUT2D eigenvalue weighted by molar-refractivity contribution is 9.11. The molecule has 7 heteroatoms. The number of rotatable bonds is 2. The third-order valence-electron chi connectivity index (χ3n) is 0.740. The molecule has 0 bridgehead atoms. The Bertz CT molecular complexity index is 188. The SMILES string of the molecule is C=C(Br)CNC(=O)NNC(N)=S. The molecule has 0 saturated heterocycles. The monoisotopic (exact) mass is 252 g/mol. The van der Waals surface area contributed by atoms with Gasteiger partial charge in [0.1, 0.15) is 0 Å². The van der Waals surface area contributed by atoms with E-state index in [0.717, 1.165) is 0 Å². The van der Waals surface area contributed by atoms with Crippen molar-refractivity contribution in [3.05, 3.63) is 11.1 Å². The maximum atomic E-state index is 10.8. The minimum Gasteiger partial charge on any atom is -0.375 e. The predicted octanol–water partition coefficient (Wildman–Crippen LogP) is -0.0576. The average Bonchev–Trinajstić information content (AvgIpc) is 1.96. The average molecular weight is 253 g/mol. The molecular formula is C5H9BrN4OS. The van der Waals surface area contributed by atoms with Crippen molar-refractivity contribution in [2.24, 2.45) is 5.73 Å². The van der Waals surface area contributed by atoms with E-state index in [4.69, 9.17) is 5.73 Å². The van der Waals surface area contributed by atoms with Crippen LogP contribution < -0.4 is 21.9 Å². The minimum atomic E-state index is -0.427. The molecule has 0 rings (SSSR count). The zero-order valence-corrected chi connectivity index (χ0v) is 8.59. The Morgan fingerprint density at radius 2 is 2.17 bits per heavy atom. The van der Waals surface area contributed by atoms with Crippen molar-refractivity contribution in [1.29, 1.82) is 0 Å². The number of hydrogen-bond donors (Lipinski definition) is 4. The van der Waals surface area contributed by atoms with Gasteiger partial charge in [-0.05, 0) is 12.2 Å². The second kappa shape index (κ2) is 5.78. The molecule has 0 spiro atoms. The van der Waals surface area contributed by atoms with Crippen LogP contribution in [-0.2, 0) is 0 Å². The summed E-state index contributed by atoms with van der Waals surface area (Å²) in [6, 6.07) is -0.427. The lowest BCUT2D eigenvalue weighted by molar-refractivity contribution is 0.240. The number of thiocarbonyl (C=S) groups is 1. The Kier molecular flexibility index (Phi) is 5.39. The lowest BCUT2D eigenvalue weighted by Gasteiger charge is -2.06. The van der Waals surface area contributed by atoms with Gasteiger partial charge in [-0.2, -0.15) is 0 Å². The molecule has 0 aromatic carbocycles. The normalized spacial score (nSPS) is 8.42. The maximum Gasteiger partial charge on any atom is 0.333 e. The van der Waals surface area contributed by atoms with Gasteiger partial charge in [-0.25, -0.2) is 10.2 Å². The smallest absolute Gasteiger partial charge is 0.333 e. The number of halogens is 1. The van der Waals surface area contributed by atoms with E-state index in [1.54, 1.807) is 0 Å². The van der Waals surface area contributed by atoms with E-state index in [0.29, 0.717) is 11.0 Å². The van der Waals surface area contributed by atoms with Gasteiger partial charge in [0.15, 0.2) is 5.11 Å². The van der Waals surface area contributed by atoms with Crippen LogP contribution in [0, 0.1) is 0 Å². The first-order valence-corrected chi connectivity index (χ1v) is 4.15. The summed E-state index contributed by atoms with van der Waals surface area (Å²) < 4.78 is 0.674. The lowest BCUT2D eigenvalue weighted by Crippen LogP contribution is -2.48. The van der Waals surface area contributed by atoms with Crippen LogP contribution >= 0.6 is 28.1 Å². The number of hydrogen-bond acceptors (Lipinski definition) is 2. The zero-order chi connectivity index (χ0) is 9.56. The summed E-state index contributed by atoms with van der Waals surface area (Å²) in [7, 11) is 0. The summed E-state index contributed by atoms with van der Waals surface area (Å²) in [6.07, 6.45) is 0. The third kappa shape index (κ3) is 7.29. The molecule has 0 aliphatic rings. The van der Waals surface area contributed by atoms with Crippen LogP contribution in [0.5, 0.6) is 0 Å². The topological polar surface area (TPSA) is 79.2 Å². The van der Waals surface area contributed by atoms with Crippen molar-refractivity contribution in [2.45, 2.75) is 0 Å². The summed E-state index contributed by atoms with van der Waals surface area (Å²) in [5.74, 6) is 0. The van der Waals surface area contributed by atoms with Crippen LogP contribution in [0.25, 0.3) is 0 Å². The molecule has 0 aliphatic heterocycles. The number of nitrogens with one attached hydrogen (secondary N) is 3. The molecule has 0 radical (unpaired) electrons. The second-order valence-electron chi connectivity index (χ2n) is 1.81. The Hall–Kier alpha value is -0.820. The predicted molar refractivity (Wildman–Crippen MR) is 54.5 cm³/mol. The van der Waals surface area contributed by atoms with Crippen molar-refractivity contribution < 1.29 is 4.79 Å². The number of urea groups is 1. The van der Waals surface area contributed by atoms with Crippen molar-refractivity contribution in [1.82, 2.24) is 16.2 Å². The van der Waals surface area contributed by atoms with Crippen LogP contribution in [0.4, 0.5) is 4.79 Å².